The van der Waals surface area contributed by atoms with Gasteiger partial charge in [0.1, 0.15) is 11.1 Å². The van der Waals surface area contributed by atoms with Crippen LogP contribution in [0, 0.1) is 0 Å². The summed E-state index contributed by atoms with van der Waals surface area (Å²) in [5.74, 6) is -1.93. The van der Waals surface area contributed by atoms with Crippen molar-refractivity contribution in [3.63, 3.8) is 0 Å². The van der Waals surface area contributed by atoms with Crippen LogP contribution in [0.25, 0.3) is 0 Å². The number of ether oxygens (including phenoxy) is 3. The Labute approximate surface area is 250 Å². The Bertz CT molecular complexity index is 1070. The number of carbonyl (C=O) groups excluding carboxylic acids is 4. The van der Waals surface area contributed by atoms with E-state index < -0.39 is 29.1 Å². The lowest BCUT2D eigenvalue weighted by Crippen LogP contribution is -2.60. The van der Waals surface area contributed by atoms with Gasteiger partial charge in [0.15, 0.2) is 0 Å². The predicted molar refractivity (Wildman–Crippen MR) is 161 cm³/mol. The number of hydrogen-bond acceptors (Lipinski definition) is 8. The fourth-order valence-corrected chi connectivity index (χ4v) is 6.00. The van der Waals surface area contributed by atoms with Crippen molar-refractivity contribution in [2.45, 2.75) is 116 Å². The second-order valence-corrected chi connectivity index (χ2v) is 12.3. The molecule has 1 N–H and O–H groups in total. The number of methoxy groups -OCH3 is 1. The maximum absolute atomic E-state index is 13.6. The fraction of sp³-hybridized carbons (Fsp3) is 0.688. The molecule has 1 aromatic rings. The van der Waals surface area contributed by atoms with E-state index in [0.717, 1.165) is 51.4 Å². The summed E-state index contributed by atoms with van der Waals surface area (Å²) in [6, 6.07) is 6.50. The van der Waals surface area contributed by atoms with Gasteiger partial charge < -0.3 is 14.2 Å². The molecule has 0 unspecified atom stereocenters. The normalized spacial score (nSPS) is 18.2. The second kappa shape index (κ2) is 15.4. The zero-order valence-electron chi connectivity index (χ0n) is 26.0. The molecule has 1 aromatic carbocycles. The van der Waals surface area contributed by atoms with Crippen molar-refractivity contribution < 1.29 is 33.4 Å². The number of benzene rings is 1. The van der Waals surface area contributed by atoms with E-state index in [9.17, 15) is 19.2 Å². The van der Waals surface area contributed by atoms with E-state index in [2.05, 4.69) is 17.1 Å². The van der Waals surface area contributed by atoms with Crippen LogP contribution in [-0.2, 0) is 28.6 Å². The highest BCUT2D eigenvalue weighted by atomic mass is 16.6. The van der Waals surface area contributed by atoms with Gasteiger partial charge in [-0.1, -0.05) is 57.6 Å². The molecule has 10 heteroatoms. The molecule has 1 saturated carbocycles. The molecule has 1 saturated heterocycles. The Kier molecular flexibility index (Phi) is 12.2. The smallest absolute Gasteiger partial charge is 0.412 e. The number of nitrogens with zero attached hydrogens (tertiary/aromatic N) is 2. The molecule has 1 aliphatic carbocycles. The van der Waals surface area contributed by atoms with Crippen LogP contribution in [0.15, 0.2) is 24.3 Å². The molecule has 0 radical (unpaired) electrons. The number of rotatable bonds is 8. The Balaban J connectivity index is 1.87. The monoisotopic (exact) mass is 587 g/mol. The molecule has 0 spiro atoms. The summed E-state index contributed by atoms with van der Waals surface area (Å²) < 4.78 is 16.1. The summed E-state index contributed by atoms with van der Waals surface area (Å²) in [4.78, 5) is 55.9. The van der Waals surface area contributed by atoms with Crippen LogP contribution >= 0.6 is 0 Å². The number of para-hydroxylation sites is 2. The van der Waals surface area contributed by atoms with Gasteiger partial charge in [-0.3, -0.25) is 24.7 Å². The lowest BCUT2D eigenvalue weighted by atomic mass is 9.80. The van der Waals surface area contributed by atoms with Gasteiger partial charge in [-0.25, -0.2) is 9.59 Å². The van der Waals surface area contributed by atoms with Gasteiger partial charge in [-0.15, -0.1) is 0 Å². The number of anilines is 2. The molecule has 42 heavy (non-hydrogen) atoms. The molecule has 0 bridgehead atoms. The second-order valence-electron chi connectivity index (χ2n) is 12.3. The van der Waals surface area contributed by atoms with E-state index in [1.165, 1.54) is 18.4 Å². The van der Waals surface area contributed by atoms with Crippen molar-refractivity contribution in [3.8, 4) is 0 Å². The van der Waals surface area contributed by atoms with Gasteiger partial charge in [-0.2, -0.15) is 0 Å². The minimum Gasteiger partial charge on any atom is -0.464 e. The van der Waals surface area contributed by atoms with Crippen LogP contribution in [-0.4, -0.2) is 72.8 Å². The van der Waals surface area contributed by atoms with Crippen LogP contribution < -0.4 is 10.2 Å². The van der Waals surface area contributed by atoms with Gasteiger partial charge in [-0.05, 0) is 65.0 Å². The van der Waals surface area contributed by atoms with Crippen molar-refractivity contribution in [1.82, 2.24) is 4.90 Å². The highest BCUT2D eigenvalue weighted by Crippen LogP contribution is 2.38. The van der Waals surface area contributed by atoms with Gasteiger partial charge in [0, 0.05) is 19.1 Å². The topological polar surface area (TPSA) is 114 Å². The Morgan fingerprint density at radius 3 is 2.21 bits per heavy atom. The van der Waals surface area contributed by atoms with Crippen molar-refractivity contribution in [2.24, 2.45) is 0 Å². The zero-order valence-corrected chi connectivity index (χ0v) is 26.0. The minimum atomic E-state index is -0.986. The quantitative estimate of drug-likeness (QED) is 0.175. The first-order valence-electron chi connectivity index (χ1n) is 15.4. The third-order valence-corrected chi connectivity index (χ3v) is 8.10. The lowest BCUT2D eigenvalue weighted by molar-refractivity contribution is -0.162. The predicted octanol–water partition coefficient (Wildman–Crippen LogP) is 5.83. The van der Waals surface area contributed by atoms with E-state index in [1.807, 2.05) is 0 Å². The molecule has 1 aliphatic heterocycles. The Morgan fingerprint density at radius 2 is 1.62 bits per heavy atom. The largest absolute Gasteiger partial charge is 0.464 e. The third-order valence-electron chi connectivity index (χ3n) is 8.10. The highest BCUT2D eigenvalue weighted by molar-refractivity contribution is 6.38. The number of piperidine rings is 1. The third kappa shape index (κ3) is 8.69. The van der Waals surface area contributed by atoms with Crippen molar-refractivity contribution >= 4 is 35.3 Å². The van der Waals surface area contributed by atoms with E-state index in [0.29, 0.717) is 43.9 Å². The average molecular weight is 588 g/mol. The number of esters is 2. The molecule has 10 nitrogen and oxygen atoms in total. The fourth-order valence-electron chi connectivity index (χ4n) is 6.00. The number of likely N-dealkylation sites (tertiary alicyclic amines) is 1. The lowest BCUT2D eigenvalue weighted by Gasteiger charge is -2.47. The molecular formula is C32H49N3O7. The first-order chi connectivity index (χ1) is 20.0. The van der Waals surface area contributed by atoms with Crippen LogP contribution in [0.4, 0.5) is 16.2 Å². The van der Waals surface area contributed by atoms with Crippen molar-refractivity contribution in [3.05, 3.63) is 24.3 Å². The van der Waals surface area contributed by atoms with Gasteiger partial charge >= 0.3 is 23.9 Å². The first-order valence-corrected chi connectivity index (χ1v) is 15.4. The summed E-state index contributed by atoms with van der Waals surface area (Å²) in [7, 11) is 1.18. The SMILES string of the molecule is CCCCOC(=O)C1(N2CCC(N(C(=O)C(=O)OC)c3ccccc3NC(=O)OC(C)(C)C)CC2)CCCCCCC1. The number of unbranched alkanes of at least 4 members (excludes halogenated alkanes) is 1. The summed E-state index contributed by atoms with van der Waals surface area (Å²) in [5.41, 5.74) is -0.649. The van der Waals surface area contributed by atoms with Crippen LogP contribution in [0.5, 0.6) is 0 Å². The Morgan fingerprint density at radius 1 is 1.00 bits per heavy atom. The molecule has 2 fully saturated rings. The Hall–Kier alpha value is -3.14. The molecule has 2 aliphatic rings. The first kappa shape index (κ1) is 33.4. The molecule has 2 amide bonds. The van der Waals surface area contributed by atoms with Crippen LogP contribution in [0.3, 0.4) is 0 Å². The molecule has 0 atom stereocenters. The van der Waals surface area contributed by atoms with Crippen LogP contribution in [0.1, 0.15) is 98.3 Å². The summed E-state index contributed by atoms with van der Waals surface area (Å²) >= 11 is 0. The molecule has 234 valence electrons. The van der Waals surface area contributed by atoms with E-state index in [1.54, 1.807) is 45.0 Å². The number of hydrogen-bond donors (Lipinski definition) is 1. The van der Waals surface area contributed by atoms with Crippen LogP contribution in [0.2, 0.25) is 0 Å². The molecular weight excluding hydrogens is 538 g/mol. The molecule has 3 rings (SSSR count). The summed E-state index contributed by atoms with van der Waals surface area (Å²) in [5, 5.41) is 2.74. The summed E-state index contributed by atoms with van der Waals surface area (Å²) in [6.07, 6.45) is 9.05. The number of amides is 2. The van der Waals surface area contributed by atoms with E-state index in [-0.39, 0.29) is 12.0 Å². The van der Waals surface area contributed by atoms with Crippen molar-refractivity contribution in [2.75, 3.05) is 37.0 Å². The maximum atomic E-state index is 13.6. The van der Waals surface area contributed by atoms with Gasteiger partial charge in [0.2, 0.25) is 0 Å². The van der Waals surface area contributed by atoms with Crippen molar-refractivity contribution in [1.29, 1.82) is 0 Å². The maximum Gasteiger partial charge on any atom is 0.412 e. The van der Waals surface area contributed by atoms with E-state index in [4.69, 9.17) is 14.2 Å². The average Bonchev–Trinajstić information content (AvgIpc) is 2.93. The molecule has 0 aromatic heterocycles. The van der Waals surface area contributed by atoms with E-state index >= 15 is 0 Å². The zero-order chi connectivity index (χ0) is 30.8. The van der Waals surface area contributed by atoms with Gasteiger partial charge in [0.05, 0.1) is 25.1 Å². The summed E-state index contributed by atoms with van der Waals surface area (Å²) in [6.45, 7) is 8.94. The van der Waals surface area contributed by atoms with Gasteiger partial charge in [0.25, 0.3) is 0 Å². The number of nitrogens with one attached hydrogen (secondary N) is 1. The minimum absolute atomic E-state index is 0.134. The molecule has 1 heterocycles. The standard InChI is InChI=1S/C32H49N3O7/c1-6-7-23-41-29(38)32(19-13-9-8-10-14-20-32)34-21-17-24(18-22-34)35(27(36)28(37)40-5)26-16-12-11-15-25(26)33-30(39)42-31(2,3)4/h11-12,15-16,24H,6-10,13-14,17-23H2,1-5H3,(H,33,39). The highest BCUT2D eigenvalue weighted by Gasteiger charge is 2.47. The number of carbonyl (C=O) groups is 4.